The Kier molecular flexibility index (Phi) is 11.6. The molecule has 0 aliphatic heterocycles. The molecule has 1 N–H and O–H groups in total. The van der Waals surface area contributed by atoms with E-state index >= 15 is 0 Å². The monoisotopic (exact) mass is 428 g/mol. The summed E-state index contributed by atoms with van der Waals surface area (Å²) in [7, 11) is -2.63. The average molecular weight is 429 g/mol. The minimum Gasteiger partial charge on any atom is -0.490 e. The predicted octanol–water partition coefficient (Wildman–Crippen LogP) is 3.47. The highest BCUT2D eigenvalue weighted by Crippen LogP contribution is 2.23. The topological polar surface area (TPSA) is 83.5 Å². The molecule has 0 aromatic heterocycles. The zero-order valence-corrected chi connectivity index (χ0v) is 19.4. The summed E-state index contributed by atoms with van der Waals surface area (Å²) in [6, 6.07) is 7.59. The number of ether oxygens (including phenoxy) is 2. The van der Waals surface area contributed by atoms with Gasteiger partial charge in [-0.2, -0.15) is 0 Å². The molecule has 0 atom stereocenters. The summed E-state index contributed by atoms with van der Waals surface area (Å²) in [4.78, 5) is 12.3. The quantitative estimate of drug-likeness (QED) is 0.245. The number of aliphatic hydroxyl groups is 1. The lowest BCUT2D eigenvalue weighted by atomic mass is 9.96. The summed E-state index contributed by atoms with van der Waals surface area (Å²) >= 11 is 0. The molecule has 1 aromatic carbocycles. The van der Waals surface area contributed by atoms with Gasteiger partial charge in [0.15, 0.2) is 5.78 Å². The van der Waals surface area contributed by atoms with Crippen LogP contribution in [0.5, 0.6) is 5.75 Å². The van der Waals surface area contributed by atoms with Crippen molar-refractivity contribution in [2.75, 3.05) is 39.6 Å². The Hall–Kier alpha value is -1.29. The molecular weight excluding hydrogens is 392 g/mol. The first-order chi connectivity index (χ1) is 13.8. The Labute approximate surface area is 175 Å². The molecule has 0 aliphatic carbocycles. The SMILES string of the molecule is CCO[Si](CCCOCCOc1ccccc1C(=O)C(C)(C)O)(OCC)OCC. The first kappa shape index (κ1) is 25.7. The van der Waals surface area contributed by atoms with Crippen LogP contribution in [0.1, 0.15) is 51.4 Å². The highest BCUT2D eigenvalue weighted by Gasteiger charge is 2.39. The van der Waals surface area contributed by atoms with Gasteiger partial charge in [-0.15, -0.1) is 0 Å². The maximum atomic E-state index is 12.3. The summed E-state index contributed by atoms with van der Waals surface area (Å²) < 4.78 is 28.8. The number of para-hydroxylation sites is 1. The molecule has 0 amide bonds. The van der Waals surface area contributed by atoms with Crippen LogP contribution in [-0.2, 0) is 18.0 Å². The van der Waals surface area contributed by atoms with Gasteiger partial charge in [0, 0.05) is 32.5 Å². The summed E-state index contributed by atoms with van der Waals surface area (Å²) in [5.74, 6) is 0.0665. The first-order valence-electron chi connectivity index (χ1n) is 10.3. The molecule has 0 unspecified atom stereocenters. The van der Waals surface area contributed by atoms with E-state index in [2.05, 4.69) is 0 Å². The minimum absolute atomic E-state index is 0.307. The van der Waals surface area contributed by atoms with Crippen LogP contribution in [-0.4, -0.2) is 64.9 Å². The molecule has 7 nitrogen and oxygen atoms in total. The maximum absolute atomic E-state index is 12.3. The molecule has 0 bridgehead atoms. The standard InChI is InChI=1S/C21H36O7Si/c1-6-26-29(27-7-2,28-8-3)17-11-14-24-15-16-25-19-13-10-9-12-18(19)20(22)21(4,5)23/h9-10,12-13,23H,6-8,11,14-17H2,1-5H3. The van der Waals surface area contributed by atoms with Crippen molar-refractivity contribution < 1.29 is 32.7 Å². The number of benzene rings is 1. The van der Waals surface area contributed by atoms with Crippen LogP contribution in [0.2, 0.25) is 6.04 Å². The highest BCUT2D eigenvalue weighted by molar-refractivity contribution is 6.60. The molecule has 0 saturated carbocycles. The zero-order valence-electron chi connectivity index (χ0n) is 18.4. The number of rotatable bonds is 16. The van der Waals surface area contributed by atoms with Crippen LogP contribution in [0.25, 0.3) is 0 Å². The van der Waals surface area contributed by atoms with Crippen molar-refractivity contribution in [1.82, 2.24) is 0 Å². The first-order valence-corrected chi connectivity index (χ1v) is 12.2. The second kappa shape index (κ2) is 13.1. The Balaban J connectivity index is 2.42. The second-order valence-corrected chi connectivity index (χ2v) is 9.66. The molecule has 0 spiro atoms. The van der Waals surface area contributed by atoms with Gasteiger partial charge in [-0.1, -0.05) is 12.1 Å². The van der Waals surface area contributed by atoms with Crippen molar-refractivity contribution in [2.45, 2.75) is 52.7 Å². The van der Waals surface area contributed by atoms with E-state index in [0.717, 1.165) is 6.42 Å². The number of ketones is 1. The van der Waals surface area contributed by atoms with Crippen molar-refractivity contribution in [3.05, 3.63) is 29.8 Å². The lowest BCUT2D eigenvalue weighted by Gasteiger charge is -2.28. The highest BCUT2D eigenvalue weighted by atomic mass is 28.4. The number of carbonyl (C=O) groups is 1. The van der Waals surface area contributed by atoms with Gasteiger partial charge >= 0.3 is 8.80 Å². The predicted molar refractivity (Wildman–Crippen MR) is 113 cm³/mol. The van der Waals surface area contributed by atoms with E-state index in [0.29, 0.717) is 57.0 Å². The molecule has 0 saturated heterocycles. The van der Waals surface area contributed by atoms with Crippen molar-refractivity contribution in [3.8, 4) is 5.75 Å². The zero-order chi connectivity index (χ0) is 21.8. The number of carbonyl (C=O) groups excluding carboxylic acids is 1. The van der Waals surface area contributed by atoms with Gasteiger partial charge in [-0.3, -0.25) is 4.79 Å². The van der Waals surface area contributed by atoms with Crippen molar-refractivity contribution >= 4 is 14.6 Å². The van der Waals surface area contributed by atoms with Crippen LogP contribution in [0.15, 0.2) is 24.3 Å². The number of hydrogen-bond donors (Lipinski definition) is 1. The van der Waals surface area contributed by atoms with Gasteiger partial charge in [0.05, 0.1) is 12.2 Å². The van der Waals surface area contributed by atoms with E-state index in [4.69, 9.17) is 22.8 Å². The molecule has 1 aromatic rings. The molecule has 29 heavy (non-hydrogen) atoms. The molecular formula is C21H36O7Si. The second-order valence-electron chi connectivity index (χ2n) is 6.93. The molecule has 0 fully saturated rings. The van der Waals surface area contributed by atoms with Crippen LogP contribution in [0, 0.1) is 0 Å². The lowest BCUT2D eigenvalue weighted by Crippen LogP contribution is -2.46. The fraction of sp³-hybridized carbons (Fsp3) is 0.667. The van der Waals surface area contributed by atoms with E-state index in [1.165, 1.54) is 13.8 Å². The third-order valence-corrected chi connectivity index (χ3v) is 7.19. The van der Waals surface area contributed by atoms with E-state index in [1.807, 2.05) is 20.8 Å². The van der Waals surface area contributed by atoms with Crippen LogP contribution in [0.4, 0.5) is 0 Å². The van der Waals surface area contributed by atoms with E-state index in [1.54, 1.807) is 24.3 Å². The van der Waals surface area contributed by atoms with Gasteiger partial charge in [-0.25, -0.2) is 0 Å². The Morgan fingerprint density at radius 3 is 2.10 bits per heavy atom. The minimum atomic E-state index is -2.63. The fourth-order valence-electron chi connectivity index (χ4n) is 2.81. The van der Waals surface area contributed by atoms with Gasteiger partial charge in [0.1, 0.15) is 18.0 Å². The van der Waals surface area contributed by atoms with E-state index in [-0.39, 0.29) is 5.78 Å². The lowest BCUT2D eigenvalue weighted by molar-refractivity contribution is 0.0480. The van der Waals surface area contributed by atoms with Crippen molar-refractivity contribution in [1.29, 1.82) is 0 Å². The van der Waals surface area contributed by atoms with Gasteiger partial charge < -0.3 is 27.9 Å². The molecule has 166 valence electrons. The third-order valence-electron chi connectivity index (χ3n) is 4.04. The smallest absolute Gasteiger partial charge is 0.490 e. The van der Waals surface area contributed by atoms with E-state index in [9.17, 15) is 9.90 Å². The van der Waals surface area contributed by atoms with Crippen molar-refractivity contribution in [3.63, 3.8) is 0 Å². The molecule has 1 rings (SSSR count). The molecule has 0 aliphatic rings. The normalized spacial score (nSPS) is 12.2. The number of Topliss-reactive ketones (excluding diaryl/α,β-unsaturated/α-hetero) is 1. The van der Waals surface area contributed by atoms with Crippen LogP contribution >= 0.6 is 0 Å². The Morgan fingerprint density at radius 2 is 1.55 bits per heavy atom. The van der Waals surface area contributed by atoms with Gasteiger partial charge in [-0.05, 0) is 53.2 Å². The fourth-order valence-corrected chi connectivity index (χ4v) is 5.39. The molecule has 0 heterocycles. The summed E-state index contributed by atoms with van der Waals surface area (Å²) in [5, 5.41) is 9.96. The Bertz CT molecular complexity index is 584. The summed E-state index contributed by atoms with van der Waals surface area (Å²) in [5.41, 5.74) is -1.09. The third kappa shape index (κ3) is 8.94. The average Bonchev–Trinajstić information content (AvgIpc) is 2.67. The van der Waals surface area contributed by atoms with Crippen LogP contribution < -0.4 is 4.74 Å². The number of hydrogen-bond acceptors (Lipinski definition) is 7. The summed E-state index contributed by atoms with van der Waals surface area (Å²) in [6.45, 7) is 11.7. The maximum Gasteiger partial charge on any atom is 0.501 e. The largest absolute Gasteiger partial charge is 0.501 e. The Morgan fingerprint density at radius 1 is 0.966 bits per heavy atom. The van der Waals surface area contributed by atoms with Gasteiger partial charge in [0.2, 0.25) is 0 Å². The molecule has 0 radical (unpaired) electrons. The van der Waals surface area contributed by atoms with Crippen LogP contribution in [0.3, 0.4) is 0 Å². The molecule has 8 heteroatoms. The van der Waals surface area contributed by atoms with Gasteiger partial charge in [0.25, 0.3) is 0 Å². The van der Waals surface area contributed by atoms with E-state index < -0.39 is 14.4 Å². The van der Waals surface area contributed by atoms with Crippen molar-refractivity contribution in [2.24, 2.45) is 0 Å². The summed E-state index contributed by atoms with van der Waals surface area (Å²) in [6.07, 6.45) is 0.764.